The number of carbonyl (C=O) groups excluding carboxylic acids is 1. The van der Waals surface area contributed by atoms with Crippen molar-refractivity contribution in [2.45, 2.75) is 25.7 Å². The van der Waals surface area contributed by atoms with Gasteiger partial charge in [-0.3, -0.25) is 9.59 Å². The lowest BCUT2D eigenvalue weighted by molar-refractivity contribution is -0.134. The molecule has 0 amide bonds. The zero-order valence-electron chi connectivity index (χ0n) is 16.2. The molecule has 6 nitrogen and oxygen atoms in total. The highest BCUT2D eigenvalue weighted by Crippen LogP contribution is 2.24. The van der Waals surface area contributed by atoms with E-state index in [1.54, 1.807) is 49.6 Å². The molecule has 29 heavy (non-hydrogen) atoms. The Morgan fingerprint density at radius 3 is 2.45 bits per heavy atom. The zero-order valence-corrected chi connectivity index (χ0v) is 17.9. The van der Waals surface area contributed by atoms with E-state index in [1.807, 2.05) is 0 Å². The zero-order chi connectivity index (χ0) is 19.9. The first-order valence-corrected chi connectivity index (χ1v) is 9.23. The summed E-state index contributed by atoms with van der Waals surface area (Å²) in [5, 5.41) is 0.427. The summed E-state index contributed by atoms with van der Waals surface area (Å²) >= 11 is 0. The Bertz CT molecular complexity index is 1010. The molecule has 0 fully saturated rings. The topological polar surface area (TPSA) is 91.8 Å². The normalized spacial score (nSPS) is 10.4. The molecule has 0 saturated heterocycles. The first kappa shape index (κ1) is 22.6. The first-order chi connectivity index (χ1) is 13.6. The molecule has 0 aliphatic heterocycles. The Hall–Kier alpha value is -2.64. The van der Waals surface area contributed by atoms with Crippen LogP contribution in [-0.2, 0) is 4.79 Å². The molecule has 3 aromatic rings. The van der Waals surface area contributed by atoms with Crippen LogP contribution in [0.4, 0.5) is 0 Å². The smallest absolute Gasteiger partial charge is 0.311 e. The molecule has 0 radical (unpaired) electrons. The minimum absolute atomic E-state index is 0. The number of hydrogen-bond donors (Lipinski definition) is 1. The fraction of sp³-hybridized carbons (Fsp3) is 0.273. The molecule has 0 bridgehead atoms. The quantitative estimate of drug-likeness (QED) is 0.302. The van der Waals surface area contributed by atoms with E-state index in [0.29, 0.717) is 41.0 Å². The van der Waals surface area contributed by atoms with Crippen LogP contribution < -0.4 is 20.6 Å². The van der Waals surface area contributed by atoms with Gasteiger partial charge in [-0.1, -0.05) is 18.6 Å². The second kappa shape index (κ2) is 10.8. The number of hydrogen-bond acceptors (Lipinski definition) is 6. The number of nitrogens with two attached hydrogens (primary N) is 1. The van der Waals surface area contributed by atoms with Crippen LogP contribution >= 0.6 is 17.0 Å². The van der Waals surface area contributed by atoms with Gasteiger partial charge in [-0.25, -0.2) is 0 Å². The third-order valence-corrected chi connectivity index (χ3v) is 4.46. The fourth-order valence-corrected chi connectivity index (χ4v) is 2.91. The van der Waals surface area contributed by atoms with Crippen molar-refractivity contribution in [3.8, 4) is 22.6 Å². The second-order valence-electron chi connectivity index (χ2n) is 6.44. The summed E-state index contributed by atoms with van der Waals surface area (Å²) in [4.78, 5) is 24.7. The maximum atomic E-state index is 12.8. The van der Waals surface area contributed by atoms with Crippen LogP contribution in [-0.4, -0.2) is 19.6 Å². The predicted molar refractivity (Wildman–Crippen MR) is 118 cm³/mol. The van der Waals surface area contributed by atoms with Crippen molar-refractivity contribution in [1.29, 1.82) is 0 Å². The summed E-state index contributed by atoms with van der Waals surface area (Å²) in [7, 11) is 1.59. The van der Waals surface area contributed by atoms with E-state index >= 15 is 0 Å². The summed E-state index contributed by atoms with van der Waals surface area (Å²) < 4.78 is 16.1. The monoisotopic (exact) mass is 461 g/mol. The number of ether oxygens (including phenoxy) is 2. The van der Waals surface area contributed by atoms with Gasteiger partial charge >= 0.3 is 5.97 Å². The van der Waals surface area contributed by atoms with Crippen LogP contribution in [0.3, 0.4) is 0 Å². The van der Waals surface area contributed by atoms with Crippen molar-refractivity contribution in [2.75, 3.05) is 13.7 Å². The number of esters is 1. The Morgan fingerprint density at radius 2 is 1.76 bits per heavy atom. The van der Waals surface area contributed by atoms with Gasteiger partial charge in [0.1, 0.15) is 23.3 Å². The van der Waals surface area contributed by atoms with Crippen LogP contribution in [0.25, 0.3) is 22.1 Å². The maximum Gasteiger partial charge on any atom is 0.311 e. The van der Waals surface area contributed by atoms with E-state index < -0.39 is 0 Å². The number of methoxy groups -OCH3 is 1. The summed E-state index contributed by atoms with van der Waals surface area (Å²) in [5.74, 6) is 0.758. The van der Waals surface area contributed by atoms with E-state index in [9.17, 15) is 9.59 Å². The van der Waals surface area contributed by atoms with E-state index in [1.165, 1.54) is 6.26 Å². The van der Waals surface area contributed by atoms with Gasteiger partial charge in [0.05, 0.1) is 18.1 Å². The maximum absolute atomic E-state index is 12.8. The second-order valence-corrected chi connectivity index (χ2v) is 6.44. The van der Waals surface area contributed by atoms with E-state index in [0.717, 1.165) is 24.8 Å². The lowest BCUT2D eigenvalue weighted by Crippen LogP contribution is -2.09. The Kier molecular flexibility index (Phi) is 8.42. The molecule has 2 N–H and O–H groups in total. The molecule has 154 valence electrons. The van der Waals surface area contributed by atoms with Crippen molar-refractivity contribution in [3.05, 3.63) is 59.0 Å². The number of halogens is 1. The van der Waals surface area contributed by atoms with Gasteiger partial charge in [-0.15, -0.1) is 17.0 Å². The molecule has 0 unspecified atom stereocenters. The van der Waals surface area contributed by atoms with Crippen molar-refractivity contribution in [2.24, 2.45) is 5.73 Å². The number of unbranched alkanes of at least 4 members (excludes halogenated alkanes) is 2. The van der Waals surface area contributed by atoms with Crippen molar-refractivity contribution < 1.29 is 18.7 Å². The standard InChI is InChI=1S/C22H23NO5.BrH/c1-26-16-8-6-15(7-9-16)19-14-27-20-13-17(10-11-18(20)22(19)25)28-21(24)5-3-2-4-12-23;/h6-11,13-14H,2-5,12,23H2,1H3;1H. The van der Waals surface area contributed by atoms with Gasteiger partial charge in [-0.05, 0) is 49.2 Å². The Balaban J connectivity index is 0.00000300. The van der Waals surface area contributed by atoms with E-state index in [2.05, 4.69) is 0 Å². The van der Waals surface area contributed by atoms with Crippen LogP contribution in [0, 0.1) is 0 Å². The molecule has 0 saturated carbocycles. The Morgan fingerprint density at radius 1 is 1.03 bits per heavy atom. The minimum Gasteiger partial charge on any atom is -0.497 e. The van der Waals surface area contributed by atoms with Crippen LogP contribution in [0.2, 0.25) is 0 Å². The highest BCUT2D eigenvalue weighted by atomic mass is 79.9. The van der Waals surface area contributed by atoms with Gasteiger partial charge in [0.2, 0.25) is 0 Å². The molecule has 7 heteroatoms. The van der Waals surface area contributed by atoms with E-state index in [-0.39, 0.29) is 28.4 Å². The molecule has 0 aliphatic carbocycles. The third-order valence-electron chi connectivity index (χ3n) is 4.46. The molecular weight excluding hydrogens is 438 g/mol. The van der Waals surface area contributed by atoms with Gasteiger partial charge < -0.3 is 19.6 Å². The van der Waals surface area contributed by atoms with Gasteiger partial charge in [0.15, 0.2) is 5.43 Å². The summed E-state index contributed by atoms with van der Waals surface area (Å²) in [6.07, 6.45) is 4.28. The minimum atomic E-state index is -0.312. The van der Waals surface area contributed by atoms with Gasteiger partial charge in [-0.2, -0.15) is 0 Å². The summed E-state index contributed by atoms with van der Waals surface area (Å²) in [6.45, 7) is 0.622. The largest absolute Gasteiger partial charge is 0.497 e. The lowest BCUT2D eigenvalue weighted by Gasteiger charge is -2.07. The van der Waals surface area contributed by atoms with Crippen molar-refractivity contribution in [3.63, 3.8) is 0 Å². The summed E-state index contributed by atoms with van der Waals surface area (Å²) in [5.41, 5.74) is 6.86. The van der Waals surface area contributed by atoms with Crippen LogP contribution in [0.5, 0.6) is 11.5 Å². The summed E-state index contributed by atoms with van der Waals surface area (Å²) in [6, 6.07) is 12.0. The van der Waals surface area contributed by atoms with Gasteiger partial charge in [0, 0.05) is 12.5 Å². The number of rotatable bonds is 8. The SMILES string of the molecule is Br.COc1ccc(-c2coc3cc(OC(=O)CCCCCN)ccc3c2=O)cc1. The van der Waals surface area contributed by atoms with Gasteiger partial charge in [0.25, 0.3) is 0 Å². The first-order valence-electron chi connectivity index (χ1n) is 9.23. The highest BCUT2D eigenvalue weighted by molar-refractivity contribution is 8.93. The highest BCUT2D eigenvalue weighted by Gasteiger charge is 2.12. The molecular formula is C22H24BrNO5. The molecule has 1 aromatic heterocycles. The number of carbonyl (C=O) groups is 1. The Labute approximate surface area is 179 Å². The van der Waals surface area contributed by atoms with Crippen LogP contribution in [0.15, 0.2) is 57.9 Å². The number of benzene rings is 2. The molecule has 2 aromatic carbocycles. The molecule has 0 aliphatic rings. The average Bonchev–Trinajstić information content (AvgIpc) is 2.72. The molecule has 0 spiro atoms. The van der Waals surface area contributed by atoms with Crippen molar-refractivity contribution >= 4 is 33.9 Å². The molecule has 3 rings (SSSR count). The fourth-order valence-electron chi connectivity index (χ4n) is 2.91. The number of fused-ring (bicyclic) bond motifs is 1. The molecule has 1 heterocycles. The predicted octanol–water partition coefficient (Wildman–Crippen LogP) is 4.47. The third kappa shape index (κ3) is 5.68. The average molecular weight is 462 g/mol. The lowest BCUT2D eigenvalue weighted by atomic mass is 10.1. The van der Waals surface area contributed by atoms with E-state index in [4.69, 9.17) is 19.6 Å². The van der Waals surface area contributed by atoms with Crippen molar-refractivity contribution in [1.82, 2.24) is 0 Å². The molecule has 0 atom stereocenters. The van der Waals surface area contributed by atoms with Crippen LogP contribution in [0.1, 0.15) is 25.7 Å².